The van der Waals surface area contributed by atoms with Crippen molar-refractivity contribution in [3.05, 3.63) is 42.5 Å². The summed E-state index contributed by atoms with van der Waals surface area (Å²) in [5.41, 5.74) is 3.35. The van der Waals surface area contributed by atoms with E-state index in [9.17, 15) is 4.79 Å². The summed E-state index contributed by atoms with van der Waals surface area (Å²) in [5, 5.41) is 9.84. The average Bonchev–Trinajstić information content (AvgIpc) is 3.30. The van der Waals surface area contributed by atoms with Crippen LogP contribution in [0.1, 0.15) is 36.7 Å². The number of hydrogen-bond acceptors (Lipinski definition) is 3. The van der Waals surface area contributed by atoms with E-state index in [1.165, 1.54) is 0 Å². The highest BCUT2D eigenvalue weighted by Gasteiger charge is 2.18. The van der Waals surface area contributed by atoms with E-state index in [2.05, 4.69) is 27.9 Å². The SMILES string of the molecule is CCCCN(CCC#N)C(=O)c1cc(-c2ccnc3[nH]ccc23)c[nH]1. The molecule has 3 aromatic heterocycles. The maximum atomic E-state index is 12.8. The van der Waals surface area contributed by atoms with Crippen molar-refractivity contribution >= 4 is 16.9 Å². The molecule has 6 heteroatoms. The van der Waals surface area contributed by atoms with Crippen molar-refractivity contribution in [1.82, 2.24) is 19.9 Å². The predicted octanol–water partition coefficient (Wildman–Crippen LogP) is 3.71. The lowest BCUT2D eigenvalue weighted by Gasteiger charge is -2.20. The minimum absolute atomic E-state index is 0.0608. The zero-order valence-electron chi connectivity index (χ0n) is 14.2. The standard InChI is InChI=1S/C19H21N5O/c1-2-3-10-24(11-4-7-20)19(25)17-12-14(13-23-17)15-5-8-21-18-16(15)6-9-22-18/h5-6,8-9,12-13,23H,2-4,10-11H2,1H3,(H,21,22). The molecule has 3 heterocycles. The average molecular weight is 335 g/mol. The molecule has 0 saturated carbocycles. The minimum Gasteiger partial charge on any atom is -0.357 e. The van der Waals surface area contributed by atoms with Gasteiger partial charge < -0.3 is 14.9 Å². The van der Waals surface area contributed by atoms with Crippen LogP contribution in [-0.2, 0) is 0 Å². The molecule has 128 valence electrons. The summed E-state index contributed by atoms with van der Waals surface area (Å²) >= 11 is 0. The number of amides is 1. The number of nitriles is 1. The molecular formula is C19H21N5O. The summed E-state index contributed by atoms with van der Waals surface area (Å²) in [6.45, 7) is 3.22. The van der Waals surface area contributed by atoms with Gasteiger partial charge in [-0.3, -0.25) is 4.79 Å². The molecule has 3 rings (SSSR count). The molecule has 0 aliphatic carbocycles. The van der Waals surface area contributed by atoms with Gasteiger partial charge >= 0.3 is 0 Å². The minimum atomic E-state index is -0.0608. The number of nitrogens with zero attached hydrogens (tertiary/aromatic N) is 3. The van der Waals surface area contributed by atoms with Crippen LogP contribution in [0, 0.1) is 11.3 Å². The lowest BCUT2D eigenvalue weighted by Crippen LogP contribution is -2.33. The molecule has 0 saturated heterocycles. The predicted molar refractivity (Wildman–Crippen MR) is 96.9 cm³/mol. The molecular weight excluding hydrogens is 314 g/mol. The number of aromatic nitrogens is 3. The molecule has 0 unspecified atom stereocenters. The topological polar surface area (TPSA) is 88.6 Å². The fraction of sp³-hybridized carbons (Fsp3) is 0.316. The molecule has 0 aromatic carbocycles. The van der Waals surface area contributed by atoms with E-state index >= 15 is 0 Å². The molecule has 1 amide bonds. The summed E-state index contributed by atoms with van der Waals surface area (Å²) in [6.07, 6.45) is 7.74. The van der Waals surface area contributed by atoms with Crippen LogP contribution < -0.4 is 0 Å². The maximum absolute atomic E-state index is 12.8. The monoisotopic (exact) mass is 335 g/mol. The largest absolute Gasteiger partial charge is 0.357 e. The van der Waals surface area contributed by atoms with Crippen LogP contribution >= 0.6 is 0 Å². The van der Waals surface area contributed by atoms with E-state index in [0.717, 1.165) is 35.0 Å². The van der Waals surface area contributed by atoms with Crippen molar-refractivity contribution in [2.24, 2.45) is 0 Å². The second-order valence-corrected chi connectivity index (χ2v) is 5.95. The molecule has 3 aromatic rings. The number of hydrogen-bond donors (Lipinski definition) is 2. The van der Waals surface area contributed by atoms with Crippen molar-refractivity contribution in [3.63, 3.8) is 0 Å². The molecule has 25 heavy (non-hydrogen) atoms. The Kier molecular flexibility index (Phi) is 5.14. The fourth-order valence-corrected chi connectivity index (χ4v) is 2.91. The molecule has 0 radical (unpaired) electrons. The highest BCUT2D eigenvalue weighted by atomic mass is 16.2. The van der Waals surface area contributed by atoms with Crippen LogP contribution in [0.25, 0.3) is 22.2 Å². The summed E-state index contributed by atoms with van der Waals surface area (Å²) < 4.78 is 0. The Morgan fingerprint density at radius 3 is 3.00 bits per heavy atom. The Morgan fingerprint density at radius 1 is 1.32 bits per heavy atom. The quantitative estimate of drug-likeness (QED) is 0.690. The van der Waals surface area contributed by atoms with E-state index < -0.39 is 0 Å². The Morgan fingerprint density at radius 2 is 2.20 bits per heavy atom. The smallest absolute Gasteiger partial charge is 0.270 e. The first kappa shape index (κ1) is 16.8. The van der Waals surface area contributed by atoms with Gasteiger partial charge in [-0.05, 0) is 30.2 Å². The van der Waals surface area contributed by atoms with Crippen molar-refractivity contribution in [3.8, 4) is 17.2 Å². The number of nitrogens with one attached hydrogen (secondary N) is 2. The molecule has 0 bridgehead atoms. The second-order valence-electron chi connectivity index (χ2n) is 5.95. The lowest BCUT2D eigenvalue weighted by molar-refractivity contribution is 0.0751. The van der Waals surface area contributed by atoms with E-state index in [1.54, 1.807) is 11.1 Å². The molecule has 0 aliphatic rings. The molecule has 0 fully saturated rings. The first-order valence-electron chi connectivity index (χ1n) is 8.51. The van der Waals surface area contributed by atoms with Gasteiger partial charge in [0, 0.05) is 42.6 Å². The molecule has 2 N–H and O–H groups in total. The van der Waals surface area contributed by atoms with Crippen molar-refractivity contribution in [1.29, 1.82) is 5.26 Å². The van der Waals surface area contributed by atoms with E-state index in [1.807, 2.05) is 30.6 Å². The van der Waals surface area contributed by atoms with Gasteiger partial charge in [0.2, 0.25) is 0 Å². The van der Waals surface area contributed by atoms with Crippen LogP contribution in [0.3, 0.4) is 0 Å². The Bertz CT molecular complexity index is 902. The van der Waals surface area contributed by atoms with Gasteiger partial charge in [0.25, 0.3) is 5.91 Å². The van der Waals surface area contributed by atoms with Crippen LogP contribution in [0.4, 0.5) is 0 Å². The molecule has 6 nitrogen and oxygen atoms in total. The Balaban J connectivity index is 1.85. The van der Waals surface area contributed by atoms with E-state index in [4.69, 9.17) is 5.26 Å². The highest BCUT2D eigenvalue weighted by Crippen LogP contribution is 2.27. The summed E-state index contributed by atoms with van der Waals surface area (Å²) in [5.74, 6) is -0.0608. The molecule has 0 aliphatic heterocycles. The van der Waals surface area contributed by atoms with Crippen LogP contribution in [0.2, 0.25) is 0 Å². The normalized spacial score (nSPS) is 10.7. The third kappa shape index (κ3) is 3.56. The molecule has 0 spiro atoms. The number of pyridine rings is 1. The third-order valence-corrected chi connectivity index (χ3v) is 4.25. The molecule has 0 atom stereocenters. The number of unbranched alkanes of at least 4 members (excludes halogenated alkanes) is 1. The van der Waals surface area contributed by atoms with E-state index in [0.29, 0.717) is 25.2 Å². The zero-order chi connectivity index (χ0) is 17.6. The first-order valence-corrected chi connectivity index (χ1v) is 8.51. The van der Waals surface area contributed by atoms with Gasteiger partial charge in [0.1, 0.15) is 11.3 Å². The third-order valence-electron chi connectivity index (χ3n) is 4.25. The Labute approximate surface area is 146 Å². The van der Waals surface area contributed by atoms with Gasteiger partial charge in [-0.15, -0.1) is 0 Å². The van der Waals surface area contributed by atoms with Crippen LogP contribution in [0.15, 0.2) is 36.8 Å². The van der Waals surface area contributed by atoms with Crippen molar-refractivity contribution in [2.75, 3.05) is 13.1 Å². The highest BCUT2D eigenvalue weighted by molar-refractivity contribution is 5.97. The summed E-state index contributed by atoms with van der Waals surface area (Å²) in [7, 11) is 0. The fourth-order valence-electron chi connectivity index (χ4n) is 2.91. The van der Waals surface area contributed by atoms with Crippen molar-refractivity contribution < 1.29 is 4.79 Å². The second kappa shape index (κ2) is 7.67. The van der Waals surface area contributed by atoms with Gasteiger partial charge in [0.15, 0.2) is 0 Å². The Hall–Kier alpha value is -3.07. The summed E-state index contributed by atoms with van der Waals surface area (Å²) in [4.78, 5) is 25.0. The van der Waals surface area contributed by atoms with Crippen LogP contribution in [-0.4, -0.2) is 38.8 Å². The van der Waals surface area contributed by atoms with Gasteiger partial charge in [-0.1, -0.05) is 13.3 Å². The number of H-pyrrole nitrogens is 2. The number of carbonyl (C=O) groups is 1. The maximum Gasteiger partial charge on any atom is 0.270 e. The number of rotatable bonds is 7. The number of carbonyl (C=O) groups excluding carboxylic acids is 1. The number of aromatic amines is 2. The van der Waals surface area contributed by atoms with Crippen LogP contribution in [0.5, 0.6) is 0 Å². The van der Waals surface area contributed by atoms with Crippen molar-refractivity contribution in [2.45, 2.75) is 26.2 Å². The first-order chi connectivity index (χ1) is 12.2. The lowest BCUT2D eigenvalue weighted by atomic mass is 10.1. The van der Waals surface area contributed by atoms with Gasteiger partial charge in [-0.25, -0.2) is 4.98 Å². The summed E-state index contributed by atoms with van der Waals surface area (Å²) in [6, 6.07) is 7.91. The zero-order valence-corrected chi connectivity index (χ0v) is 14.2. The van der Waals surface area contributed by atoms with Gasteiger partial charge in [-0.2, -0.15) is 5.26 Å². The van der Waals surface area contributed by atoms with Gasteiger partial charge in [0.05, 0.1) is 12.5 Å². The van der Waals surface area contributed by atoms with E-state index in [-0.39, 0.29) is 5.91 Å². The number of fused-ring (bicyclic) bond motifs is 1.